The maximum Gasteiger partial charge on any atom is 0.369 e. The molecule has 2 nitrogen and oxygen atoms in total. The van der Waals surface area contributed by atoms with E-state index in [0.717, 1.165) is 7.11 Å². The van der Waals surface area contributed by atoms with Crippen molar-refractivity contribution in [1.82, 2.24) is 0 Å². The van der Waals surface area contributed by atoms with Gasteiger partial charge in [-0.15, -0.1) is 0 Å². The molecule has 0 radical (unpaired) electrons. The van der Waals surface area contributed by atoms with Crippen LogP contribution in [-0.2, 0) is 9.53 Å². The fourth-order valence-corrected chi connectivity index (χ4v) is 1.14. The van der Waals surface area contributed by atoms with Gasteiger partial charge in [-0.25, -0.2) is 4.39 Å². The monoisotopic (exact) mass is 302 g/mol. The van der Waals surface area contributed by atoms with Crippen LogP contribution in [0, 0.1) is 5.41 Å². The fraction of sp³-hybridized carbons (Fsp3) is 0.769. The normalized spacial score (nSPS) is 15.2. The van der Waals surface area contributed by atoms with Crippen molar-refractivity contribution in [2.45, 2.75) is 52.1 Å². The first-order valence-electron chi connectivity index (χ1n) is 5.84. The Labute approximate surface area is 115 Å². The average Bonchev–Trinajstić information content (AvgIpc) is 2.21. The van der Waals surface area contributed by atoms with Crippen molar-refractivity contribution in [1.29, 1.82) is 0 Å². The van der Waals surface area contributed by atoms with Crippen LogP contribution in [0.1, 0.15) is 34.6 Å². The maximum absolute atomic E-state index is 13.8. The molecule has 0 N–H and O–H groups in total. The zero-order valence-electron chi connectivity index (χ0n) is 12.3. The molecule has 0 aliphatic carbocycles. The topological polar surface area (TPSA) is 26.3 Å². The van der Waals surface area contributed by atoms with Gasteiger partial charge in [-0.05, 0) is 13.8 Å². The maximum atomic E-state index is 13.8. The van der Waals surface area contributed by atoms with Gasteiger partial charge >= 0.3 is 11.8 Å². The summed E-state index contributed by atoms with van der Waals surface area (Å²) in [7, 11) is 0.719. The molecule has 0 aromatic rings. The Morgan fingerprint density at radius 3 is 1.60 bits per heavy atom. The summed E-state index contributed by atoms with van der Waals surface area (Å²) in [5.41, 5.74) is -4.54. The molecule has 0 atom stereocenters. The van der Waals surface area contributed by atoms with Gasteiger partial charge in [0.1, 0.15) is 0 Å². The van der Waals surface area contributed by atoms with E-state index < -0.39 is 34.5 Å². The lowest BCUT2D eigenvalue weighted by atomic mass is 9.88. The molecule has 7 heteroatoms. The summed E-state index contributed by atoms with van der Waals surface area (Å²) in [6, 6.07) is 0. The predicted octanol–water partition coefficient (Wildman–Crippen LogP) is 4.15. The van der Waals surface area contributed by atoms with Gasteiger partial charge in [0.05, 0.1) is 7.11 Å². The number of allylic oxidation sites excluding steroid dienone is 2. The molecule has 0 fully saturated rings. The van der Waals surface area contributed by atoms with E-state index >= 15 is 0 Å². The Kier molecular flexibility index (Phi) is 5.03. The number of hydrogen-bond donors (Lipinski definition) is 0. The molecule has 0 saturated carbocycles. The predicted molar refractivity (Wildman–Crippen MR) is 64.6 cm³/mol. The van der Waals surface area contributed by atoms with Gasteiger partial charge in [-0.3, -0.25) is 4.79 Å². The van der Waals surface area contributed by atoms with Crippen LogP contribution in [0.25, 0.3) is 0 Å². The SMILES string of the molecule is CO/C(=C\C(=O)C(C)(C)C)C(F)(F)C(F)(F)C(C)(C)F. The second-order valence-electron chi connectivity index (χ2n) is 5.95. The number of ether oxygens (including phenoxy) is 1. The van der Waals surface area contributed by atoms with E-state index in [1.165, 1.54) is 20.8 Å². The Balaban J connectivity index is 5.78. The Morgan fingerprint density at radius 1 is 0.950 bits per heavy atom. The molecule has 0 aliphatic heterocycles. The highest BCUT2D eigenvalue weighted by molar-refractivity contribution is 5.94. The molecule has 0 aromatic carbocycles. The molecule has 20 heavy (non-hydrogen) atoms. The molecule has 0 aliphatic rings. The Bertz CT molecular complexity index is 400. The number of carbonyl (C=O) groups excluding carboxylic acids is 1. The van der Waals surface area contributed by atoms with Crippen LogP contribution < -0.4 is 0 Å². The second kappa shape index (κ2) is 5.33. The van der Waals surface area contributed by atoms with E-state index in [-0.39, 0.29) is 0 Å². The lowest BCUT2D eigenvalue weighted by molar-refractivity contribution is -0.257. The molecular formula is C13H19F5O2. The highest BCUT2D eigenvalue weighted by Gasteiger charge is 2.68. The van der Waals surface area contributed by atoms with Gasteiger partial charge in [0.2, 0.25) is 0 Å². The minimum atomic E-state index is -5.03. The van der Waals surface area contributed by atoms with Crippen LogP contribution >= 0.6 is 0 Å². The van der Waals surface area contributed by atoms with Crippen molar-refractivity contribution in [2.75, 3.05) is 7.11 Å². The number of ketones is 1. The second-order valence-corrected chi connectivity index (χ2v) is 5.95. The summed E-state index contributed by atoms with van der Waals surface area (Å²) in [5, 5.41) is 0. The first-order chi connectivity index (χ1) is 8.59. The molecule has 0 heterocycles. The van der Waals surface area contributed by atoms with Gasteiger partial charge in [-0.2, -0.15) is 17.6 Å². The summed E-state index contributed by atoms with van der Waals surface area (Å²) >= 11 is 0. The third kappa shape index (κ3) is 3.49. The molecule has 0 amide bonds. The minimum Gasteiger partial charge on any atom is -0.494 e. The van der Waals surface area contributed by atoms with E-state index in [0.29, 0.717) is 19.9 Å². The highest BCUT2D eigenvalue weighted by Crippen LogP contribution is 2.48. The largest absolute Gasteiger partial charge is 0.494 e. The van der Waals surface area contributed by atoms with Gasteiger partial charge in [0.15, 0.2) is 17.2 Å². The summed E-state index contributed by atoms with van der Waals surface area (Å²) < 4.78 is 72.2. The van der Waals surface area contributed by atoms with Crippen LogP contribution in [0.2, 0.25) is 0 Å². The Hall–Kier alpha value is -1.14. The van der Waals surface area contributed by atoms with Crippen molar-refractivity contribution >= 4 is 5.78 Å². The van der Waals surface area contributed by atoms with Crippen molar-refractivity contribution in [3.05, 3.63) is 11.8 Å². The molecule has 0 unspecified atom stereocenters. The highest BCUT2D eigenvalue weighted by atomic mass is 19.3. The van der Waals surface area contributed by atoms with Crippen LogP contribution in [-0.4, -0.2) is 30.4 Å². The van der Waals surface area contributed by atoms with E-state index in [1.54, 1.807) is 0 Å². The molecule has 118 valence electrons. The third-order valence-electron chi connectivity index (χ3n) is 2.67. The molecule has 0 saturated heterocycles. The van der Waals surface area contributed by atoms with Crippen LogP contribution in [0.3, 0.4) is 0 Å². The van der Waals surface area contributed by atoms with E-state index in [2.05, 4.69) is 4.74 Å². The van der Waals surface area contributed by atoms with Crippen molar-refractivity contribution in [2.24, 2.45) is 5.41 Å². The zero-order chi connectivity index (χ0) is 16.6. The van der Waals surface area contributed by atoms with E-state index in [4.69, 9.17) is 0 Å². The molecular weight excluding hydrogens is 283 g/mol. The molecule has 0 rings (SSSR count). The number of carbonyl (C=O) groups is 1. The van der Waals surface area contributed by atoms with Gasteiger partial charge < -0.3 is 4.74 Å². The third-order valence-corrected chi connectivity index (χ3v) is 2.67. The number of hydrogen-bond acceptors (Lipinski definition) is 2. The van der Waals surface area contributed by atoms with Crippen molar-refractivity contribution in [3.8, 4) is 0 Å². The standard InChI is InChI=1S/C13H19F5O2/c1-10(2,3)8(19)7-9(20-6)12(15,16)13(17,18)11(4,5)14/h7H,1-6H3/b9-7-. The number of halogens is 5. The van der Waals surface area contributed by atoms with Gasteiger partial charge in [-0.1, -0.05) is 20.8 Å². The first kappa shape index (κ1) is 18.9. The number of rotatable bonds is 5. The molecule has 0 aromatic heterocycles. The zero-order valence-corrected chi connectivity index (χ0v) is 12.3. The average molecular weight is 302 g/mol. The Morgan fingerprint density at radius 2 is 1.35 bits per heavy atom. The lowest BCUT2D eigenvalue weighted by Gasteiger charge is -2.34. The quantitative estimate of drug-likeness (QED) is 0.433. The van der Waals surface area contributed by atoms with Gasteiger partial charge in [0, 0.05) is 11.5 Å². The summed E-state index contributed by atoms with van der Waals surface area (Å²) in [5.74, 6) is -12.4. The smallest absolute Gasteiger partial charge is 0.369 e. The summed E-state index contributed by atoms with van der Waals surface area (Å²) in [4.78, 5) is 11.6. The van der Waals surface area contributed by atoms with Gasteiger partial charge in [0.25, 0.3) is 0 Å². The van der Waals surface area contributed by atoms with Crippen LogP contribution in [0.5, 0.6) is 0 Å². The number of alkyl halides is 5. The minimum absolute atomic E-state index is 0.291. The fourth-order valence-electron chi connectivity index (χ4n) is 1.14. The van der Waals surface area contributed by atoms with Crippen molar-refractivity contribution < 1.29 is 31.5 Å². The summed E-state index contributed by atoms with van der Waals surface area (Å²) in [6.07, 6.45) is 0.291. The molecule has 0 bridgehead atoms. The number of methoxy groups -OCH3 is 1. The molecule has 0 spiro atoms. The van der Waals surface area contributed by atoms with E-state index in [1.807, 2.05) is 0 Å². The summed E-state index contributed by atoms with van der Waals surface area (Å²) in [6.45, 7) is 4.94. The lowest BCUT2D eigenvalue weighted by Crippen LogP contribution is -2.54. The van der Waals surface area contributed by atoms with E-state index in [9.17, 15) is 26.7 Å². The van der Waals surface area contributed by atoms with Crippen LogP contribution in [0.4, 0.5) is 22.0 Å². The van der Waals surface area contributed by atoms with Crippen molar-refractivity contribution in [3.63, 3.8) is 0 Å². The first-order valence-corrected chi connectivity index (χ1v) is 5.84. The van der Waals surface area contributed by atoms with Crippen LogP contribution in [0.15, 0.2) is 11.8 Å².